The van der Waals surface area contributed by atoms with Gasteiger partial charge in [0.1, 0.15) is 29.7 Å². The van der Waals surface area contributed by atoms with Crippen molar-refractivity contribution in [1.82, 2.24) is 14.6 Å². The lowest BCUT2D eigenvalue weighted by atomic mass is 10.0. The summed E-state index contributed by atoms with van der Waals surface area (Å²) >= 11 is 6.42. The molecule has 1 aromatic carbocycles. The molecule has 3 N–H and O–H groups in total. The van der Waals surface area contributed by atoms with Crippen LogP contribution in [0, 0.1) is 0 Å². The van der Waals surface area contributed by atoms with E-state index in [2.05, 4.69) is 10.1 Å². The largest absolute Gasteiger partial charge is 0.460 e. The van der Waals surface area contributed by atoms with Crippen LogP contribution in [0.15, 0.2) is 52.2 Å². The summed E-state index contributed by atoms with van der Waals surface area (Å²) in [6.07, 6.45) is -2.22. The Labute approximate surface area is 194 Å². The molecule has 0 saturated carbocycles. The smallest absolute Gasteiger partial charge is 0.330 e. The van der Waals surface area contributed by atoms with Crippen LogP contribution < -0.4 is 16.3 Å². The molecule has 13 heteroatoms. The molecule has 2 heterocycles. The number of carbonyl (C=O) groups excluding carboxylic acids is 1. The number of rotatable bonds is 9. The number of nitrogens with zero attached hydrogens (tertiary/aromatic N) is 1. The molecule has 1 aliphatic rings. The number of H-pyrrole nitrogens is 1. The minimum Gasteiger partial charge on any atom is -0.460 e. The summed E-state index contributed by atoms with van der Waals surface area (Å²) in [6.45, 7) is 2.70. The van der Waals surface area contributed by atoms with E-state index in [1.54, 1.807) is 0 Å². The number of alkyl halides is 1. The standard InChI is InChI=1S/C20H25ClN3O8P/c1-12(17(27)30-10-13-6-4-3-5-7-13)23-33(29)31-11-14-16(26)20(2,21)18(32-14)24-9-8-15(25)22-19(24)28/h3-9,12,14,16,18,26,33H,10-11H2,1-2H3,(H,23,29)(H,22,25,28)/t12-,14-,16-,18-,20-/m1/s1. The monoisotopic (exact) mass is 501 g/mol. The van der Waals surface area contributed by atoms with Gasteiger partial charge in [-0.25, -0.2) is 9.88 Å². The van der Waals surface area contributed by atoms with E-state index >= 15 is 0 Å². The number of hydrogen-bond acceptors (Lipinski definition) is 8. The van der Waals surface area contributed by atoms with Crippen molar-refractivity contribution >= 4 is 25.7 Å². The second-order valence-corrected chi connectivity index (χ2v) is 9.66. The van der Waals surface area contributed by atoms with Crippen LogP contribution in [0.3, 0.4) is 0 Å². The molecular weight excluding hydrogens is 477 g/mol. The molecule has 0 bridgehead atoms. The Morgan fingerprint density at radius 1 is 1.36 bits per heavy atom. The van der Waals surface area contributed by atoms with E-state index in [4.69, 9.17) is 25.6 Å². The fourth-order valence-corrected chi connectivity index (χ4v) is 4.42. The molecule has 1 saturated heterocycles. The third-order valence-corrected chi connectivity index (χ3v) is 6.62. The molecule has 1 aromatic heterocycles. The summed E-state index contributed by atoms with van der Waals surface area (Å²) < 4.78 is 29.4. The number of aromatic amines is 1. The van der Waals surface area contributed by atoms with Gasteiger partial charge in [-0.15, -0.1) is 11.6 Å². The lowest BCUT2D eigenvalue weighted by molar-refractivity contribution is -0.146. The summed E-state index contributed by atoms with van der Waals surface area (Å²) in [5, 5.41) is 13.1. The maximum atomic E-state index is 12.3. The van der Waals surface area contributed by atoms with Crippen LogP contribution in [-0.4, -0.2) is 50.4 Å². The first-order valence-corrected chi connectivity index (χ1v) is 11.8. The number of benzene rings is 1. The number of carbonyl (C=O) groups is 1. The van der Waals surface area contributed by atoms with Gasteiger partial charge < -0.3 is 19.1 Å². The molecule has 11 nitrogen and oxygen atoms in total. The average molecular weight is 502 g/mol. The topological polar surface area (TPSA) is 149 Å². The van der Waals surface area contributed by atoms with Crippen molar-refractivity contribution in [3.8, 4) is 0 Å². The number of aliphatic hydroxyl groups is 1. The first-order valence-electron chi connectivity index (χ1n) is 10.1. The van der Waals surface area contributed by atoms with Crippen LogP contribution in [-0.2, 0) is 30.0 Å². The van der Waals surface area contributed by atoms with Crippen LogP contribution in [0.4, 0.5) is 0 Å². The molecule has 0 spiro atoms. The zero-order valence-electron chi connectivity index (χ0n) is 17.9. The number of ether oxygens (including phenoxy) is 2. The van der Waals surface area contributed by atoms with Gasteiger partial charge in [0, 0.05) is 12.3 Å². The van der Waals surface area contributed by atoms with Crippen molar-refractivity contribution < 1.29 is 28.5 Å². The molecule has 180 valence electrons. The Kier molecular flexibility index (Phi) is 8.28. The minimum absolute atomic E-state index is 0.0788. The predicted molar refractivity (Wildman–Crippen MR) is 119 cm³/mol. The maximum absolute atomic E-state index is 12.3. The third kappa shape index (κ3) is 6.20. The second kappa shape index (κ2) is 10.8. The van der Waals surface area contributed by atoms with Crippen molar-refractivity contribution in [3.05, 3.63) is 69.0 Å². The van der Waals surface area contributed by atoms with Crippen LogP contribution in [0.2, 0.25) is 0 Å². The normalized spacial score (nSPS) is 26.6. The Morgan fingerprint density at radius 3 is 2.73 bits per heavy atom. The molecule has 1 fully saturated rings. The van der Waals surface area contributed by atoms with E-state index in [-0.39, 0.29) is 13.2 Å². The van der Waals surface area contributed by atoms with E-state index in [9.17, 15) is 24.1 Å². The van der Waals surface area contributed by atoms with Gasteiger partial charge in [0.05, 0.1) is 6.61 Å². The number of hydrogen-bond donors (Lipinski definition) is 3. The van der Waals surface area contributed by atoms with Crippen LogP contribution in [0.1, 0.15) is 25.6 Å². The molecule has 33 heavy (non-hydrogen) atoms. The molecule has 0 amide bonds. The average Bonchev–Trinajstić information content (AvgIpc) is 3.00. The maximum Gasteiger partial charge on any atom is 0.330 e. The fourth-order valence-electron chi connectivity index (χ4n) is 3.25. The van der Waals surface area contributed by atoms with E-state index in [1.165, 1.54) is 20.0 Å². The Hall–Kier alpha value is -2.27. The highest BCUT2D eigenvalue weighted by Gasteiger charge is 2.53. The zero-order valence-corrected chi connectivity index (χ0v) is 19.7. The van der Waals surface area contributed by atoms with E-state index in [0.29, 0.717) is 0 Å². The van der Waals surface area contributed by atoms with Crippen molar-refractivity contribution in [2.45, 2.75) is 49.8 Å². The first kappa shape index (κ1) is 25.4. The summed E-state index contributed by atoms with van der Waals surface area (Å²) in [6, 6.07) is 9.32. The van der Waals surface area contributed by atoms with Gasteiger partial charge in [-0.1, -0.05) is 30.3 Å². The van der Waals surface area contributed by atoms with Gasteiger partial charge >= 0.3 is 11.7 Å². The summed E-state index contributed by atoms with van der Waals surface area (Å²) in [5.41, 5.74) is -0.534. The number of aromatic nitrogens is 2. The van der Waals surface area contributed by atoms with Gasteiger partial charge in [-0.3, -0.25) is 23.7 Å². The molecule has 1 unspecified atom stereocenters. The molecule has 2 aromatic rings. The molecule has 6 atom stereocenters. The number of aliphatic hydroxyl groups excluding tert-OH is 1. The number of halogens is 1. The second-order valence-electron chi connectivity index (χ2n) is 7.70. The lowest BCUT2D eigenvalue weighted by Crippen LogP contribution is -2.43. The molecule has 0 aliphatic carbocycles. The van der Waals surface area contributed by atoms with Gasteiger partial charge in [0.2, 0.25) is 0 Å². The molecule has 0 radical (unpaired) electrons. The highest BCUT2D eigenvalue weighted by atomic mass is 35.5. The van der Waals surface area contributed by atoms with E-state index in [0.717, 1.165) is 16.2 Å². The summed E-state index contributed by atoms with van der Waals surface area (Å²) in [5.74, 6) is -0.608. The Morgan fingerprint density at radius 2 is 2.06 bits per heavy atom. The van der Waals surface area contributed by atoms with Gasteiger partial charge in [0.15, 0.2) is 6.23 Å². The SMILES string of the molecule is C[C@@H](N[PH](=O)OC[C@H]1O[C@@H](n2ccc(=O)[nH]c2=O)[C@](C)(Cl)[C@@H]1O)C(=O)OCc1ccccc1. The molecule has 3 rings (SSSR count). The number of nitrogens with one attached hydrogen (secondary N) is 2. The first-order chi connectivity index (χ1) is 15.6. The van der Waals surface area contributed by atoms with Crippen LogP contribution >= 0.6 is 19.8 Å². The Balaban J connectivity index is 1.52. The molecule has 1 aliphatic heterocycles. The third-order valence-electron chi connectivity index (χ3n) is 5.11. The van der Waals surface area contributed by atoms with Gasteiger partial charge in [-0.05, 0) is 19.4 Å². The van der Waals surface area contributed by atoms with Crippen molar-refractivity contribution in [2.24, 2.45) is 0 Å². The quantitative estimate of drug-likeness (QED) is 0.259. The fraction of sp³-hybridized carbons (Fsp3) is 0.450. The van der Waals surface area contributed by atoms with E-state index < -0.39 is 54.7 Å². The number of esters is 1. The van der Waals surface area contributed by atoms with Gasteiger partial charge in [-0.2, -0.15) is 0 Å². The highest BCUT2D eigenvalue weighted by Crippen LogP contribution is 2.43. The Bertz CT molecular complexity index is 1110. The zero-order chi connectivity index (χ0) is 24.2. The van der Waals surface area contributed by atoms with Crippen LogP contribution in [0.5, 0.6) is 0 Å². The molecular formula is C20H25ClN3O8P. The van der Waals surface area contributed by atoms with Gasteiger partial charge in [0.25, 0.3) is 13.7 Å². The summed E-state index contributed by atoms with van der Waals surface area (Å²) in [7, 11) is -2.91. The highest BCUT2D eigenvalue weighted by molar-refractivity contribution is 7.36. The van der Waals surface area contributed by atoms with E-state index in [1.807, 2.05) is 30.3 Å². The van der Waals surface area contributed by atoms with Crippen LogP contribution in [0.25, 0.3) is 0 Å². The predicted octanol–water partition coefficient (Wildman–Crippen LogP) is 0.920. The lowest BCUT2D eigenvalue weighted by Gasteiger charge is -2.26. The van der Waals surface area contributed by atoms with Crippen molar-refractivity contribution in [3.63, 3.8) is 0 Å². The minimum atomic E-state index is -2.91. The van der Waals surface area contributed by atoms with Crippen molar-refractivity contribution in [2.75, 3.05) is 6.61 Å². The van der Waals surface area contributed by atoms with Crippen molar-refractivity contribution in [1.29, 1.82) is 0 Å². The summed E-state index contributed by atoms with van der Waals surface area (Å²) in [4.78, 5) is 36.1.